The number of aliphatic hydroxyl groups is 1. The number of aliphatic hydroxyl groups excluding tert-OH is 1. The fraction of sp³-hybridized carbons (Fsp3) is 0.667. The lowest BCUT2D eigenvalue weighted by Gasteiger charge is -2.30. The third-order valence-electron chi connectivity index (χ3n) is 2.00. The van der Waals surface area contributed by atoms with Crippen molar-refractivity contribution in [3.05, 3.63) is 12.3 Å². The van der Waals surface area contributed by atoms with Gasteiger partial charge in [-0.3, -0.25) is 0 Å². The van der Waals surface area contributed by atoms with Gasteiger partial charge in [0.1, 0.15) is 0 Å². The molecule has 1 fully saturated rings. The molecule has 5 nitrogen and oxygen atoms in total. The molecule has 1 saturated heterocycles. The third-order valence-corrected chi connectivity index (χ3v) is 2.00. The number of hydrogen-bond acceptors (Lipinski definition) is 5. The molecule has 0 saturated carbocycles. The van der Waals surface area contributed by atoms with E-state index in [9.17, 15) is 4.79 Å². The topological polar surface area (TPSA) is 59.0 Å². The van der Waals surface area contributed by atoms with Gasteiger partial charge < -0.3 is 19.5 Å². The van der Waals surface area contributed by atoms with Gasteiger partial charge >= 0.3 is 5.97 Å². The van der Waals surface area contributed by atoms with E-state index in [1.807, 2.05) is 4.90 Å². The number of carbonyl (C=O) groups excluding carboxylic acids is 1. The average Bonchev–Trinajstić information content (AvgIpc) is 2.26. The molecule has 1 heterocycles. The molecule has 0 radical (unpaired) electrons. The van der Waals surface area contributed by atoms with Gasteiger partial charge in [0, 0.05) is 25.4 Å². The van der Waals surface area contributed by atoms with Crippen molar-refractivity contribution in [1.82, 2.24) is 4.90 Å². The molecule has 0 spiro atoms. The Labute approximate surface area is 82.9 Å². The van der Waals surface area contributed by atoms with Crippen LogP contribution in [0, 0.1) is 0 Å². The van der Waals surface area contributed by atoms with Crippen LogP contribution >= 0.6 is 0 Å². The minimum Gasteiger partial charge on any atom is -0.466 e. The van der Waals surface area contributed by atoms with Crippen LogP contribution in [0.25, 0.3) is 0 Å². The minimum atomic E-state index is -0.378. The normalized spacial score (nSPS) is 22.7. The molecule has 0 amide bonds. The highest BCUT2D eigenvalue weighted by atomic mass is 16.5. The number of nitrogens with zero attached hydrogens (tertiary/aromatic N) is 1. The number of methoxy groups -OCH3 is 1. The molecule has 0 aliphatic carbocycles. The van der Waals surface area contributed by atoms with Gasteiger partial charge in [0.25, 0.3) is 0 Å². The van der Waals surface area contributed by atoms with Crippen LogP contribution in [-0.2, 0) is 14.3 Å². The van der Waals surface area contributed by atoms with Crippen molar-refractivity contribution in [1.29, 1.82) is 0 Å². The van der Waals surface area contributed by atoms with Crippen molar-refractivity contribution in [2.45, 2.75) is 6.10 Å². The Morgan fingerprint density at radius 3 is 3.21 bits per heavy atom. The molecule has 1 atom stereocenters. The van der Waals surface area contributed by atoms with E-state index in [4.69, 9.17) is 9.84 Å². The van der Waals surface area contributed by atoms with E-state index in [-0.39, 0.29) is 18.7 Å². The van der Waals surface area contributed by atoms with Gasteiger partial charge in [0.15, 0.2) is 0 Å². The second-order valence-corrected chi connectivity index (χ2v) is 3.01. The highest BCUT2D eigenvalue weighted by Gasteiger charge is 2.16. The highest BCUT2D eigenvalue weighted by molar-refractivity contribution is 5.81. The van der Waals surface area contributed by atoms with Gasteiger partial charge in [-0.1, -0.05) is 0 Å². The van der Waals surface area contributed by atoms with E-state index in [2.05, 4.69) is 4.74 Å². The molecule has 5 heteroatoms. The van der Waals surface area contributed by atoms with Gasteiger partial charge in [-0.05, 0) is 0 Å². The van der Waals surface area contributed by atoms with Crippen molar-refractivity contribution in [2.24, 2.45) is 0 Å². The number of rotatable bonds is 3. The summed E-state index contributed by atoms with van der Waals surface area (Å²) in [7, 11) is 1.34. The Morgan fingerprint density at radius 1 is 1.79 bits per heavy atom. The van der Waals surface area contributed by atoms with Crippen LogP contribution in [0.1, 0.15) is 0 Å². The minimum absolute atomic E-state index is 0.00254. The first-order valence-corrected chi connectivity index (χ1v) is 4.49. The molecular weight excluding hydrogens is 186 g/mol. The zero-order valence-corrected chi connectivity index (χ0v) is 8.18. The molecular formula is C9H15NO4. The zero-order chi connectivity index (χ0) is 10.4. The Kier molecular flexibility index (Phi) is 4.42. The SMILES string of the molecule is COC(=O)/C=C/N1CCOC(CO)C1. The summed E-state index contributed by atoms with van der Waals surface area (Å²) in [6, 6.07) is 0. The summed E-state index contributed by atoms with van der Waals surface area (Å²) in [5, 5.41) is 8.86. The predicted octanol–water partition coefficient (Wildman–Crippen LogP) is -0.634. The summed E-state index contributed by atoms with van der Waals surface area (Å²) in [6.07, 6.45) is 2.86. The van der Waals surface area contributed by atoms with E-state index in [0.717, 1.165) is 6.54 Å². The fourth-order valence-corrected chi connectivity index (χ4v) is 1.22. The van der Waals surface area contributed by atoms with E-state index >= 15 is 0 Å². The molecule has 1 aliphatic rings. The lowest BCUT2D eigenvalue weighted by Crippen LogP contribution is -2.41. The smallest absolute Gasteiger partial charge is 0.331 e. The molecule has 1 N–H and O–H groups in total. The van der Waals surface area contributed by atoms with Crippen molar-refractivity contribution in [3.63, 3.8) is 0 Å². The van der Waals surface area contributed by atoms with E-state index in [0.29, 0.717) is 13.2 Å². The third kappa shape index (κ3) is 3.35. The van der Waals surface area contributed by atoms with Crippen molar-refractivity contribution in [3.8, 4) is 0 Å². The maximum absolute atomic E-state index is 10.8. The Hall–Kier alpha value is -1.07. The molecule has 1 unspecified atom stereocenters. The van der Waals surface area contributed by atoms with Gasteiger partial charge in [-0.15, -0.1) is 0 Å². The summed E-state index contributed by atoms with van der Waals surface area (Å²) in [4.78, 5) is 12.7. The van der Waals surface area contributed by atoms with Crippen molar-refractivity contribution < 1.29 is 19.4 Å². The summed E-state index contributed by atoms with van der Waals surface area (Å²) >= 11 is 0. The monoisotopic (exact) mass is 201 g/mol. The van der Waals surface area contributed by atoms with Crippen molar-refractivity contribution >= 4 is 5.97 Å². The average molecular weight is 201 g/mol. The molecule has 1 aliphatic heterocycles. The zero-order valence-electron chi connectivity index (χ0n) is 8.18. The second-order valence-electron chi connectivity index (χ2n) is 3.01. The molecule has 1 rings (SSSR count). The Balaban J connectivity index is 2.37. The summed E-state index contributed by atoms with van der Waals surface area (Å²) in [5.74, 6) is -0.378. The number of esters is 1. The molecule has 80 valence electrons. The summed E-state index contributed by atoms with van der Waals surface area (Å²) in [6.45, 7) is 1.90. The van der Waals surface area contributed by atoms with Gasteiger partial charge in [-0.25, -0.2) is 4.79 Å². The second kappa shape index (κ2) is 5.62. The molecule has 0 aromatic carbocycles. The van der Waals surface area contributed by atoms with Crippen LogP contribution in [0.15, 0.2) is 12.3 Å². The number of morpholine rings is 1. The van der Waals surface area contributed by atoms with Crippen LogP contribution in [-0.4, -0.2) is 55.5 Å². The highest BCUT2D eigenvalue weighted by Crippen LogP contribution is 2.04. The summed E-state index contributed by atoms with van der Waals surface area (Å²) in [5.41, 5.74) is 0. The molecule has 0 bridgehead atoms. The van der Waals surface area contributed by atoms with E-state index < -0.39 is 0 Å². The summed E-state index contributed by atoms with van der Waals surface area (Å²) < 4.78 is 9.71. The maximum atomic E-state index is 10.8. The van der Waals surface area contributed by atoms with E-state index in [1.54, 1.807) is 6.20 Å². The number of carbonyl (C=O) groups is 1. The van der Waals surface area contributed by atoms with Gasteiger partial charge in [0.05, 0.1) is 26.4 Å². The molecule has 0 aromatic heterocycles. The Morgan fingerprint density at radius 2 is 2.57 bits per heavy atom. The maximum Gasteiger partial charge on any atom is 0.331 e. The Bertz CT molecular complexity index is 217. The van der Waals surface area contributed by atoms with Gasteiger partial charge in [-0.2, -0.15) is 0 Å². The lowest BCUT2D eigenvalue weighted by atomic mass is 10.3. The number of hydrogen-bond donors (Lipinski definition) is 1. The largest absolute Gasteiger partial charge is 0.466 e. The van der Waals surface area contributed by atoms with Crippen LogP contribution in [0.2, 0.25) is 0 Å². The first-order chi connectivity index (χ1) is 6.76. The van der Waals surface area contributed by atoms with E-state index in [1.165, 1.54) is 13.2 Å². The molecule has 0 aromatic rings. The van der Waals surface area contributed by atoms with Crippen LogP contribution in [0.3, 0.4) is 0 Å². The van der Waals surface area contributed by atoms with Crippen LogP contribution < -0.4 is 0 Å². The first-order valence-electron chi connectivity index (χ1n) is 4.49. The van der Waals surface area contributed by atoms with Crippen LogP contribution in [0.4, 0.5) is 0 Å². The lowest BCUT2D eigenvalue weighted by molar-refractivity contribution is -0.134. The number of ether oxygens (including phenoxy) is 2. The van der Waals surface area contributed by atoms with Gasteiger partial charge in [0.2, 0.25) is 0 Å². The quantitative estimate of drug-likeness (QED) is 0.486. The first kappa shape index (κ1) is 11.0. The standard InChI is InChI=1S/C9H15NO4/c1-13-9(12)2-3-10-4-5-14-8(6-10)7-11/h2-3,8,11H,4-7H2,1H3/b3-2+. The van der Waals surface area contributed by atoms with Crippen molar-refractivity contribution in [2.75, 3.05) is 33.4 Å². The molecule has 14 heavy (non-hydrogen) atoms. The predicted molar refractivity (Wildman–Crippen MR) is 49.6 cm³/mol. The van der Waals surface area contributed by atoms with Crippen LogP contribution in [0.5, 0.6) is 0 Å². The fourth-order valence-electron chi connectivity index (χ4n) is 1.22.